The van der Waals surface area contributed by atoms with Gasteiger partial charge in [0.05, 0.1) is 12.7 Å². The van der Waals surface area contributed by atoms with Gasteiger partial charge in [0.1, 0.15) is 18.4 Å². The van der Waals surface area contributed by atoms with Crippen molar-refractivity contribution in [1.82, 2.24) is 19.9 Å². The van der Waals surface area contributed by atoms with Crippen molar-refractivity contribution < 1.29 is 19.4 Å². The van der Waals surface area contributed by atoms with Crippen molar-refractivity contribution in [1.29, 1.82) is 0 Å². The molecule has 0 spiro atoms. The molecule has 0 aliphatic carbocycles. The maximum absolute atomic E-state index is 12.3. The molecule has 1 aliphatic rings. The van der Waals surface area contributed by atoms with Crippen LogP contribution in [0.1, 0.15) is 16.9 Å². The van der Waals surface area contributed by atoms with Crippen molar-refractivity contribution in [2.24, 2.45) is 0 Å². The highest BCUT2D eigenvalue weighted by Crippen LogP contribution is 2.21. The number of carbonyl (C=O) groups excluding carboxylic acids is 1. The van der Waals surface area contributed by atoms with Crippen molar-refractivity contribution in [3.8, 4) is 5.75 Å². The zero-order chi connectivity index (χ0) is 17.1. The molecule has 1 atom stereocenters. The number of hydrogen-bond acceptors (Lipinski definition) is 5. The number of benzene rings is 1. The van der Waals surface area contributed by atoms with Gasteiger partial charge < -0.3 is 14.7 Å². The summed E-state index contributed by atoms with van der Waals surface area (Å²) in [7, 11) is 0. The van der Waals surface area contributed by atoms with E-state index in [-0.39, 0.29) is 24.2 Å². The summed E-state index contributed by atoms with van der Waals surface area (Å²) in [5.41, 5.74) is -0.189. The lowest BCUT2D eigenvalue weighted by Crippen LogP contribution is -2.33. The number of rotatable bonds is 5. The van der Waals surface area contributed by atoms with E-state index in [0.717, 1.165) is 6.42 Å². The molecule has 24 heavy (non-hydrogen) atoms. The number of carboxylic acids is 1. The van der Waals surface area contributed by atoms with E-state index in [4.69, 9.17) is 21.4 Å². The quantitative estimate of drug-likeness (QED) is 0.873. The molecule has 1 fully saturated rings. The van der Waals surface area contributed by atoms with Gasteiger partial charge in [-0.2, -0.15) is 0 Å². The van der Waals surface area contributed by atoms with Crippen molar-refractivity contribution in [3.05, 3.63) is 41.2 Å². The lowest BCUT2D eigenvalue weighted by atomic mass is 10.3. The molecule has 1 aromatic carbocycles. The minimum absolute atomic E-state index is 0.0514. The predicted molar refractivity (Wildman–Crippen MR) is 84.0 cm³/mol. The van der Waals surface area contributed by atoms with Crippen LogP contribution in [0.4, 0.5) is 0 Å². The molecule has 1 amide bonds. The summed E-state index contributed by atoms with van der Waals surface area (Å²) in [6.45, 7) is 0.987. The molecular weight excluding hydrogens is 336 g/mol. The Morgan fingerprint density at radius 3 is 2.96 bits per heavy atom. The first kappa shape index (κ1) is 16.3. The monoisotopic (exact) mass is 350 g/mol. The Hall–Kier alpha value is -2.61. The van der Waals surface area contributed by atoms with Gasteiger partial charge in [0.15, 0.2) is 5.69 Å². The number of carbonyl (C=O) groups is 2. The highest BCUT2D eigenvalue weighted by atomic mass is 35.5. The van der Waals surface area contributed by atoms with Crippen LogP contribution in [0.2, 0.25) is 5.02 Å². The van der Waals surface area contributed by atoms with Gasteiger partial charge in [-0.05, 0) is 18.2 Å². The third kappa shape index (κ3) is 3.83. The van der Waals surface area contributed by atoms with Crippen LogP contribution in [0, 0.1) is 0 Å². The highest BCUT2D eigenvalue weighted by molar-refractivity contribution is 6.30. The first-order valence-corrected chi connectivity index (χ1v) is 7.72. The van der Waals surface area contributed by atoms with Crippen LogP contribution in [0.3, 0.4) is 0 Å². The van der Waals surface area contributed by atoms with Crippen LogP contribution in [-0.2, 0) is 11.3 Å². The summed E-state index contributed by atoms with van der Waals surface area (Å²) in [6.07, 6.45) is 1.85. The molecule has 9 heteroatoms. The Kier molecular flexibility index (Phi) is 4.66. The number of ether oxygens (including phenoxy) is 1. The Morgan fingerprint density at radius 2 is 2.25 bits per heavy atom. The van der Waals surface area contributed by atoms with Gasteiger partial charge in [0, 0.05) is 18.0 Å². The van der Waals surface area contributed by atoms with Gasteiger partial charge in [-0.3, -0.25) is 4.79 Å². The largest absolute Gasteiger partial charge is 0.488 e. The fraction of sp³-hybridized carbons (Fsp3) is 0.333. The van der Waals surface area contributed by atoms with Crippen LogP contribution in [0.15, 0.2) is 30.5 Å². The second-order valence-electron chi connectivity index (χ2n) is 5.43. The highest BCUT2D eigenvalue weighted by Gasteiger charge is 2.28. The van der Waals surface area contributed by atoms with Crippen molar-refractivity contribution in [2.75, 3.05) is 13.1 Å². The molecule has 8 nitrogen and oxygen atoms in total. The first-order chi connectivity index (χ1) is 11.5. The van der Waals surface area contributed by atoms with Gasteiger partial charge in [-0.15, -0.1) is 5.10 Å². The summed E-state index contributed by atoms with van der Waals surface area (Å²) < 4.78 is 7.05. The van der Waals surface area contributed by atoms with Crippen molar-refractivity contribution in [2.45, 2.75) is 19.1 Å². The molecule has 1 aliphatic heterocycles. The number of hydrogen-bond donors (Lipinski definition) is 1. The average Bonchev–Trinajstić information content (AvgIpc) is 3.17. The minimum Gasteiger partial charge on any atom is -0.488 e. The number of amides is 1. The van der Waals surface area contributed by atoms with Crippen LogP contribution < -0.4 is 4.74 Å². The lowest BCUT2D eigenvalue weighted by Gasteiger charge is -2.17. The molecule has 0 radical (unpaired) electrons. The molecule has 1 saturated heterocycles. The molecule has 1 N–H and O–H groups in total. The predicted octanol–water partition coefficient (Wildman–Crippen LogP) is 1.31. The van der Waals surface area contributed by atoms with Gasteiger partial charge in [0.2, 0.25) is 5.91 Å². The van der Waals surface area contributed by atoms with Crippen LogP contribution in [0.25, 0.3) is 0 Å². The molecule has 0 bridgehead atoms. The Bertz CT molecular complexity index is 763. The molecule has 1 unspecified atom stereocenters. The van der Waals surface area contributed by atoms with Gasteiger partial charge >= 0.3 is 5.97 Å². The van der Waals surface area contributed by atoms with E-state index in [2.05, 4.69) is 10.3 Å². The van der Waals surface area contributed by atoms with Gasteiger partial charge in [-0.1, -0.05) is 22.9 Å². The van der Waals surface area contributed by atoms with E-state index < -0.39 is 5.97 Å². The number of likely N-dealkylation sites (tertiary alicyclic amines) is 1. The van der Waals surface area contributed by atoms with Gasteiger partial charge in [0.25, 0.3) is 0 Å². The van der Waals surface area contributed by atoms with Crippen LogP contribution in [0.5, 0.6) is 5.75 Å². The Labute approximate surface area is 142 Å². The second-order valence-corrected chi connectivity index (χ2v) is 5.87. The molecular formula is C15H15ClN4O4. The second kappa shape index (κ2) is 6.88. The third-order valence-corrected chi connectivity index (χ3v) is 3.89. The molecule has 3 rings (SSSR count). The first-order valence-electron chi connectivity index (χ1n) is 7.34. The number of carboxylic acid groups (broad SMARTS) is 1. The zero-order valence-electron chi connectivity index (χ0n) is 12.6. The molecule has 1 aromatic heterocycles. The molecule has 2 aromatic rings. The smallest absolute Gasteiger partial charge is 0.358 e. The summed E-state index contributed by atoms with van der Waals surface area (Å²) in [5.74, 6) is -0.664. The molecule has 2 heterocycles. The Morgan fingerprint density at radius 1 is 1.42 bits per heavy atom. The van der Waals surface area contributed by atoms with E-state index in [9.17, 15) is 9.59 Å². The average molecular weight is 351 g/mol. The van der Waals surface area contributed by atoms with E-state index >= 15 is 0 Å². The number of halogens is 1. The zero-order valence-corrected chi connectivity index (χ0v) is 13.4. The van der Waals surface area contributed by atoms with Crippen LogP contribution >= 0.6 is 11.6 Å². The number of aromatic nitrogens is 3. The van der Waals surface area contributed by atoms with E-state index in [1.165, 1.54) is 10.9 Å². The summed E-state index contributed by atoms with van der Waals surface area (Å²) in [6, 6.07) is 7.12. The summed E-state index contributed by atoms with van der Waals surface area (Å²) in [4.78, 5) is 24.7. The molecule has 0 saturated carbocycles. The number of aromatic carboxylic acids is 1. The lowest BCUT2D eigenvalue weighted by molar-refractivity contribution is -0.131. The van der Waals surface area contributed by atoms with E-state index in [1.54, 1.807) is 23.1 Å². The summed E-state index contributed by atoms with van der Waals surface area (Å²) in [5, 5.41) is 16.5. The fourth-order valence-corrected chi connectivity index (χ4v) is 2.68. The maximum atomic E-state index is 12.3. The fourth-order valence-electron chi connectivity index (χ4n) is 2.50. The SMILES string of the molecule is O=C(O)c1cn(CC(=O)N2CCC(Oc3cccc(Cl)c3)C2)nn1. The number of nitrogens with zero attached hydrogens (tertiary/aromatic N) is 4. The molecule has 126 valence electrons. The van der Waals surface area contributed by atoms with E-state index in [0.29, 0.717) is 23.9 Å². The van der Waals surface area contributed by atoms with Crippen molar-refractivity contribution >= 4 is 23.5 Å². The van der Waals surface area contributed by atoms with E-state index in [1.807, 2.05) is 6.07 Å². The van der Waals surface area contributed by atoms with Gasteiger partial charge in [-0.25, -0.2) is 9.48 Å². The maximum Gasteiger partial charge on any atom is 0.358 e. The third-order valence-electron chi connectivity index (χ3n) is 3.65. The van der Waals surface area contributed by atoms with Crippen molar-refractivity contribution in [3.63, 3.8) is 0 Å². The topological polar surface area (TPSA) is 97.5 Å². The Balaban J connectivity index is 1.54. The standard InChI is InChI=1S/C15H15ClN4O4/c16-10-2-1-3-11(6-10)24-12-4-5-19(7-12)14(21)9-20-8-13(15(22)23)17-18-20/h1-3,6,8,12H,4-5,7,9H2,(H,22,23). The normalized spacial score (nSPS) is 17.0. The minimum atomic E-state index is -1.18. The summed E-state index contributed by atoms with van der Waals surface area (Å²) >= 11 is 5.92. The van der Waals surface area contributed by atoms with Crippen LogP contribution in [-0.4, -0.2) is 56.1 Å².